The van der Waals surface area contributed by atoms with Gasteiger partial charge in [-0.2, -0.15) is 10.2 Å². The van der Waals surface area contributed by atoms with Crippen LogP contribution in [-0.2, 0) is 9.47 Å². The van der Waals surface area contributed by atoms with Gasteiger partial charge in [0.05, 0.1) is 36.2 Å². The van der Waals surface area contributed by atoms with Crippen molar-refractivity contribution in [3.8, 4) is 34.5 Å². The van der Waals surface area contributed by atoms with Crippen molar-refractivity contribution in [3.63, 3.8) is 0 Å². The maximum Gasteiger partial charge on any atom is 0.406 e. The zero-order valence-electron chi connectivity index (χ0n) is 26.9. The average molecular weight is 694 g/mol. The second-order valence-electron chi connectivity index (χ2n) is 10.2. The first-order valence-electron chi connectivity index (χ1n) is 14.9. The van der Waals surface area contributed by atoms with Gasteiger partial charge >= 0.3 is 5.82 Å². The van der Waals surface area contributed by atoms with Crippen LogP contribution in [0.4, 0.5) is 11.5 Å². The summed E-state index contributed by atoms with van der Waals surface area (Å²) in [5.41, 5.74) is 1.95. The van der Waals surface area contributed by atoms with Crippen LogP contribution in [0.2, 0.25) is 0 Å². The summed E-state index contributed by atoms with van der Waals surface area (Å²) >= 11 is 0. The zero-order chi connectivity index (χ0) is 35.7. The SMILES string of the molecule is COCN1C(=O)c2nn(-c3cccnc3)cc2Oc2ncccc21.COCNC(=O)c1nn(-c2cccnc2)cc1Oc1cccnc1[N+](=O)[O-]. The molecule has 0 aromatic carbocycles. The number of methoxy groups -OCH3 is 2. The minimum atomic E-state index is -0.675. The smallest absolute Gasteiger partial charge is 0.406 e. The van der Waals surface area contributed by atoms with Crippen LogP contribution in [0.3, 0.4) is 0 Å². The van der Waals surface area contributed by atoms with Gasteiger partial charge in [-0.3, -0.25) is 24.5 Å². The molecule has 6 aromatic heterocycles. The van der Waals surface area contributed by atoms with E-state index in [1.807, 2.05) is 6.07 Å². The van der Waals surface area contributed by atoms with Gasteiger partial charge < -0.3 is 34.4 Å². The van der Waals surface area contributed by atoms with Crippen molar-refractivity contribution in [3.05, 3.63) is 120 Å². The summed E-state index contributed by atoms with van der Waals surface area (Å²) in [6, 6.07) is 13.4. The molecule has 0 atom stereocenters. The van der Waals surface area contributed by atoms with Crippen LogP contribution < -0.4 is 19.7 Å². The number of rotatable bonds is 10. The number of nitro groups is 1. The Balaban J connectivity index is 0.000000177. The van der Waals surface area contributed by atoms with Gasteiger partial charge in [0.2, 0.25) is 11.6 Å². The van der Waals surface area contributed by atoms with Crippen LogP contribution in [0.5, 0.6) is 23.1 Å². The lowest BCUT2D eigenvalue weighted by Gasteiger charge is -2.19. The Kier molecular flexibility index (Phi) is 10.2. The Labute approximate surface area is 288 Å². The molecule has 1 aliphatic heterocycles. The van der Waals surface area contributed by atoms with E-state index in [1.54, 1.807) is 72.2 Å². The predicted molar refractivity (Wildman–Crippen MR) is 176 cm³/mol. The average Bonchev–Trinajstić information content (AvgIpc) is 3.76. The molecule has 2 amide bonds. The maximum atomic E-state index is 12.9. The molecule has 6 aromatic rings. The number of nitrogens with one attached hydrogen (secondary N) is 1. The van der Waals surface area contributed by atoms with Crippen LogP contribution in [-0.4, -0.2) is 83.9 Å². The van der Waals surface area contributed by atoms with Crippen LogP contribution in [0.1, 0.15) is 21.0 Å². The van der Waals surface area contributed by atoms with E-state index in [1.165, 1.54) is 48.3 Å². The Morgan fingerprint density at radius 1 is 0.882 bits per heavy atom. The molecule has 0 saturated heterocycles. The molecule has 1 aliphatic rings. The minimum absolute atomic E-state index is 0.0172. The van der Waals surface area contributed by atoms with Crippen molar-refractivity contribution < 1.29 is 33.5 Å². The fraction of sp³-hybridized carbons (Fsp3) is 0.125. The van der Waals surface area contributed by atoms with E-state index >= 15 is 0 Å². The number of hydrogen-bond donors (Lipinski definition) is 1. The van der Waals surface area contributed by atoms with E-state index in [0.29, 0.717) is 23.0 Å². The van der Waals surface area contributed by atoms with Crippen LogP contribution >= 0.6 is 0 Å². The molecule has 0 saturated carbocycles. The Morgan fingerprint density at radius 2 is 1.57 bits per heavy atom. The highest BCUT2D eigenvalue weighted by atomic mass is 16.6. The molecule has 0 spiro atoms. The maximum absolute atomic E-state index is 12.9. The summed E-state index contributed by atoms with van der Waals surface area (Å²) in [5, 5.41) is 22.2. The number of pyridine rings is 4. The van der Waals surface area contributed by atoms with Crippen molar-refractivity contribution in [2.24, 2.45) is 0 Å². The molecule has 0 radical (unpaired) electrons. The molecular weight excluding hydrogens is 666 g/mol. The van der Waals surface area contributed by atoms with Gasteiger partial charge in [0.1, 0.15) is 25.3 Å². The second kappa shape index (κ2) is 15.4. The number of carbonyl (C=O) groups excluding carboxylic acids is 2. The van der Waals surface area contributed by atoms with Gasteiger partial charge in [-0.15, -0.1) is 0 Å². The summed E-state index contributed by atoms with van der Waals surface area (Å²) in [6.07, 6.45) is 12.4. The van der Waals surface area contributed by atoms with Crippen LogP contribution in [0, 0.1) is 10.1 Å². The lowest BCUT2D eigenvalue weighted by Crippen LogP contribution is -2.32. The number of carbonyl (C=O) groups is 2. The summed E-state index contributed by atoms with van der Waals surface area (Å²) in [7, 11) is 2.94. The number of fused-ring (bicyclic) bond motifs is 2. The van der Waals surface area contributed by atoms with Gasteiger partial charge in [0.15, 0.2) is 22.9 Å². The first-order valence-corrected chi connectivity index (χ1v) is 14.9. The highest BCUT2D eigenvalue weighted by Gasteiger charge is 2.32. The Bertz CT molecular complexity index is 2160. The molecule has 19 heteroatoms. The zero-order valence-corrected chi connectivity index (χ0v) is 26.9. The Morgan fingerprint density at radius 3 is 2.24 bits per heavy atom. The third kappa shape index (κ3) is 7.48. The molecule has 7 heterocycles. The normalized spacial score (nSPS) is 11.6. The first-order chi connectivity index (χ1) is 24.9. The first kappa shape index (κ1) is 33.8. The molecule has 0 unspecified atom stereocenters. The molecule has 51 heavy (non-hydrogen) atoms. The number of aromatic nitrogens is 8. The van der Waals surface area contributed by atoms with Crippen molar-refractivity contribution in [1.82, 2.24) is 44.8 Å². The molecule has 0 bridgehead atoms. The standard InChI is InChI=1S/C16H14N6O5.C16H13N5O3/c1-26-10-19-16(23)14-13(9-21(20-14)11-4-2-6-17-8-11)27-12-5-3-7-18-15(12)22(24)25;1-23-10-20-12-5-3-7-18-15(12)24-13-9-21(19-14(13)16(20)22)11-4-2-6-17-8-11/h2-9H,10H2,1H3,(H,19,23);2-9H,10H2,1H3. The monoisotopic (exact) mass is 693 g/mol. The number of amides is 2. The lowest BCUT2D eigenvalue weighted by atomic mass is 10.3. The van der Waals surface area contributed by atoms with Crippen molar-refractivity contribution in [2.45, 2.75) is 0 Å². The van der Waals surface area contributed by atoms with Gasteiger partial charge in [-0.1, -0.05) is 0 Å². The lowest BCUT2D eigenvalue weighted by molar-refractivity contribution is -0.390. The predicted octanol–water partition coefficient (Wildman–Crippen LogP) is 3.72. The molecule has 0 fully saturated rings. The molecule has 1 N–H and O–H groups in total. The molecular formula is C32H27N11O8. The van der Waals surface area contributed by atoms with E-state index in [-0.39, 0.29) is 42.3 Å². The Hall–Kier alpha value is -7.12. The second-order valence-corrected chi connectivity index (χ2v) is 10.2. The van der Waals surface area contributed by atoms with Crippen molar-refractivity contribution in [2.75, 3.05) is 32.6 Å². The van der Waals surface area contributed by atoms with Gasteiger partial charge in [0.25, 0.3) is 11.8 Å². The molecule has 7 rings (SSSR count). The number of ether oxygens (including phenoxy) is 4. The fourth-order valence-electron chi connectivity index (χ4n) is 4.62. The summed E-state index contributed by atoms with van der Waals surface area (Å²) in [4.78, 5) is 53.1. The topological polar surface area (TPSA) is 217 Å². The quantitative estimate of drug-likeness (QED) is 0.123. The summed E-state index contributed by atoms with van der Waals surface area (Å²) in [5.74, 6) is -0.801. The number of anilines is 1. The molecule has 19 nitrogen and oxygen atoms in total. The summed E-state index contributed by atoms with van der Waals surface area (Å²) in [6.45, 7) is 0.0329. The fourth-order valence-corrected chi connectivity index (χ4v) is 4.62. The highest BCUT2D eigenvalue weighted by Crippen LogP contribution is 2.37. The van der Waals surface area contributed by atoms with E-state index in [4.69, 9.17) is 18.9 Å². The molecule has 0 aliphatic carbocycles. The third-order valence-corrected chi connectivity index (χ3v) is 6.87. The van der Waals surface area contributed by atoms with Crippen LogP contribution in [0.15, 0.2) is 98.1 Å². The van der Waals surface area contributed by atoms with Crippen molar-refractivity contribution in [1.29, 1.82) is 0 Å². The van der Waals surface area contributed by atoms with E-state index in [2.05, 4.69) is 35.5 Å². The van der Waals surface area contributed by atoms with E-state index < -0.39 is 16.6 Å². The minimum Gasteiger partial charge on any atom is -0.444 e. The van der Waals surface area contributed by atoms with Gasteiger partial charge in [0, 0.05) is 32.8 Å². The largest absolute Gasteiger partial charge is 0.444 e. The number of hydrogen-bond acceptors (Lipinski definition) is 14. The van der Waals surface area contributed by atoms with Gasteiger partial charge in [-0.05, 0) is 58.4 Å². The molecule has 258 valence electrons. The van der Waals surface area contributed by atoms with Crippen LogP contribution in [0.25, 0.3) is 11.4 Å². The summed E-state index contributed by atoms with van der Waals surface area (Å²) < 4.78 is 24.3. The van der Waals surface area contributed by atoms with Gasteiger partial charge in [-0.25, -0.2) is 14.3 Å². The third-order valence-electron chi connectivity index (χ3n) is 6.87. The van der Waals surface area contributed by atoms with Crippen molar-refractivity contribution >= 4 is 23.3 Å². The van der Waals surface area contributed by atoms with E-state index in [0.717, 1.165) is 5.69 Å². The highest BCUT2D eigenvalue weighted by molar-refractivity contribution is 6.08. The van der Waals surface area contributed by atoms with E-state index in [9.17, 15) is 19.7 Å². The number of nitrogens with zero attached hydrogens (tertiary/aromatic N) is 10.